The first-order valence-corrected chi connectivity index (χ1v) is 15.0. The molecule has 246 valence electrons. The Morgan fingerprint density at radius 2 is 1.86 bits per heavy atom. The maximum Gasteiger partial charge on any atom is 0.330 e. The molecule has 0 saturated carbocycles. The Bertz CT molecular complexity index is 981. The van der Waals surface area contributed by atoms with Crippen LogP contribution < -0.4 is 5.32 Å². The van der Waals surface area contributed by atoms with Crippen molar-refractivity contribution >= 4 is 11.9 Å². The Hall–Kier alpha value is -2.12. The molecule has 3 N–H and O–H groups in total. The van der Waals surface area contributed by atoms with E-state index >= 15 is 0 Å². The molecule has 11 heteroatoms. The lowest BCUT2D eigenvalue weighted by Gasteiger charge is -2.49. The summed E-state index contributed by atoms with van der Waals surface area (Å²) in [6, 6.07) is 0. The van der Waals surface area contributed by atoms with Crippen molar-refractivity contribution in [3.05, 3.63) is 36.5 Å². The van der Waals surface area contributed by atoms with Crippen LogP contribution in [0.15, 0.2) is 36.5 Å². The van der Waals surface area contributed by atoms with Gasteiger partial charge < -0.3 is 44.0 Å². The number of hydrogen-bond acceptors (Lipinski definition) is 10. The van der Waals surface area contributed by atoms with Gasteiger partial charge in [0.1, 0.15) is 6.10 Å². The molecular weight excluding hydrogens is 558 g/mol. The number of aliphatic hydroxyl groups excluding tert-OH is 2. The normalized spacial score (nSPS) is 31.6. The Morgan fingerprint density at radius 3 is 2.44 bits per heavy atom. The van der Waals surface area contributed by atoms with Crippen molar-refractivity contribution in [3.8, 4) is 0 Å². The predicted octanol–water partition coefficient (Wildman–Crippen LogP) is 3.19. The zero-order valence-corrected chi connectivity index (χ0v) is 27.0. The third kappa shape index (κ3) is 9.68. The number of esters is 1. The fraction of sp³-hybridized carbons (Fsp3) is 0.750. The second kappa shape index (κ2) is 16.8. The number of carbonyl (C=O) groups excluding carboxylic acids is 2. The van der Waals surface area contributed by atoms with Crippen LogP contribution in [0.4, 0.5) is 0 Å². The highest BCUT2D eigenvalue weighted by molar-refractivity contribution is 5.82. The summed E-state index contributed by atoms with van der Waals surface area (Å²) in [7, 11) is 5.80. The van der Waals surface area contributed by atoms with Crippen LogP contribution in [0, 0.1) is 11.3 Å². The number of carbonyl (C=O) groups is 2. The SMILES string of the molecule is C=C1C[C@](OC)([C@H](O)C(=O)N[C@@H](OC)[C@@H]2C[C@@H](OC)C(C)(C)[C@@H](CC(O)CCC/C=C/C=C/C(=O)OC)O2)O[C@H](C)[C@@H]1C. The fourth-order valence-corrected chi connectivity index (χ4v) is 5.71. The van der Waals surface area contributed by atoms with E-state index in [1.807, 2.05) is 33.8 Å². The van der Waals surface area contributed by atoms with E-state index in [9.17, 15) is 19.8 Å². The van der Waals surface area contributed by atoms with E-state index in [1.54, 1.807) is 19.3 Å². The van der Waals surface area contributed by atoms with Crippen molar-refractivity contribution in [1.29, 1.82) is 0 Å². The molecule has 1 unspecified atom stereocenters. The number of amides is 1. The molecule has 2 fully saturated rings. The van der Waals surface area contributed by atoms with Gasteiger partial charge in [-0.25, -0.2) is 4.79 Å². The molecule has 0 aromatic carbocycles. The van der Waals surface area contributed by atoms with Crippen molar-refractivity contribution in [2.75, 3.05) is 28.4 Å². The van der Waals surface area contributed by atoms with Crippen LogP contribution in [0.25, 0.3) is 0 Å². The molecule has 2 aliphatic heterocycles. The minimum Gasteiger partial charge on any atom is -0.466 e. The van der Waals surface area contributed by atoms with Crippen LogP contribution in [0.1, 0.15) is 66.2 Å². The first-order chi connectivity index (χ1) is 20.3. The molecule has 43 heavy (non-hydrogen) atoms. The van der Waals surface area contributed by atoms with E-state index in [0.717, 1.165) is 18.4 Å². The van der Waals surface area contributed by atoms with Gasteiger partial charge in [-0.3, -0.25) is 4.79 Å². The average molecular weight is 612 g/mol. The van der Waals surface area contributed by atoms with E-state index in [4.69, 9.17) is 23.7 Å². The smallest absolute Gasteiger partial charge is 0.330 e. The van der Waals surface area contributed by atoms with Crippen LogP contribution in [-0.2, 0) is 38.0 Å². The molecule has 0 spiro atoms. The molecule has 2 rings (SSSR count). The molecule has 0 radical (unpaired) electrons. The van der Waals surface area contributed by atoms with Crippen LogP contribution in [0.5, 0.6) is 0 Å². The third-order valence-corrected chi connectivity index (χ3v) is 8.90. The molecule has 2 saturated heterocycles. The number of hydrogen-bond donors (Lipinski definition) is 3. The summed E-state index contributed by atoms with van der Waals surface area (Å²) < 4.78 is 34.1. The van der Waals surface area contributed by atoms with Crippen LogP contribution in [-0.4, -0.2) is 99.2 Å². The topological polar surface area (TPSA) is 142 Å². The van der Waals surface area contributed by atoms with E-state index in [1.165, 1.54) is 27.4 Å². The molecular formula is C32H53NO10. The predicted molar refractivity (Wildman–Crippen MR) is 161 cm³/mol. The summed E-state index contributed by atoms with van der Waals surface area (Å²) in [6.07, 6.45) is 4.89. The second-order valence-electron chi connectivity index (χ2n) is 12.1. The van der Waals surface area contributed by atoms with E-state index in [-0.39, 0.29) is 24.5 Å². The minimum absolute atomic E-state index is 0.0502. The van der Waals surface area contributed by atoms with Gasteiger partial charge in [-0.2, -0.15) is 0 Å². The minimum atomic E-state index is -1.65. The number of ether oxygens (including phenoxy) is 6. The van der Waals surface area contributed by atoms with Crippen LogP contribution in [0.2, 0.25) is 0 Å². The first kappa shape index (κ1) is 37.1. The molecule has 2 aliphatic rings. The van der Waals surface area contributed by atoms with Crippen LogP contribution in [0.3, 0.4) is 0 Å². The lowest BCUT2D eigenvalue weighted by atomic mass is 9.73. The highest BCUT2D eigenvalue weighted by Crippen LogP contribution is 2.42. The van der Waals surface area contributed by atoms with Crippen molar-refractivity contribution in [2.45, 2.75) is 115 Å². The van der Waals surface area contributed by atoms with Crippen molar-refractivity contribution < 1.29 is 48.2 Å². The molecule has 11 nitrogen and oxygen atoms in total. The lowest BCUT2D eigenvalue weighted by molar-refractivity contribution is -0.298. The summed E-state index contributed by atoms with van der Waals surface area (Å²) in [5.41, 5.74) is 0.389. The van der Waals surface area contributed by atoms with Gasteiger partial charge in [-0.1, -0.05) is 51.2 Å². The first-order valence-electron chi connectivity index (χ1n) is 15.0. The Morgan fingerprint density at radius 1 is 1.16 bits per heavy atom. The van der Waals surface area contributed by atoms with Gasteiger partial charge in [0.05, 0.1) is 31.5 Å². The Kier molecular flexibility index (Phi) is 14.5. The van der Waals surface area contributed by atoms with Crippen molar-refractivity contribution in [1.82, 2.24) is 5.32 Å². The van der Waals surface area contributed by atoms with Gasteiger partial charge in [0.25, 0.3) is 5.91 Å². The van der Waals surface area contributed by atoms with E-state index < -0.39 is 53.7 Å². The number of methoxy groups -OCH3 is 4. The second-order valence-corrected chi connectivity index (χ2v) is 12.1. The quantitative estimate of drug-likeness (QED) is 0.0631. The highest BCUT2D eigenvalue weighted by Gasteiger charge is 2.51. The average Bonchev–Trinajstić information content (AvgIpc) is 2.98. The molecule has 2 heterocycles. The van der Waals surface area contributed by atoms with Gasteiger partial charge in [-0.15, -0.1) is 0 Å². The fourth-order valence-electron chi connectivity index (χ4n) is 5.71. The van der Waals surface area contributed by atoms with Gasteiger partial charge in [-0.05, 0) is 26.2 Å². The summed E-state index contributed by atoms with van der Waals surface area (Å²) in [4.78, 5) is 24.4. The molecule has 9 atom stereocenters. The maximum atomic E-state index is 13.3. The third-order valence-electron chi connectivity index (χ3n) is 8.90. The Balaban J connectivity index is 2.05. The summed E-state index contributed by atoms with van der Waals surface area (Å²) in [6.45, 7) is 12.0. The summed E-state index contributed by atoms with van der Waals surface area (Å²) >= 11 is 0. The number of unbranched alkanes of at least 4 members (excludes halogenated alkanes) is 1. The van der Waals surface area contributed by atoms with E-state index in [2.05, 4.69) is 16.6 Å². The van der Waals surface area contributed by atoms with Gasteiger partial charge in [0, 0.05) is 58.0 Å². The van der Waals surface area contributed by atoms with Gasteiger partial charge in [0.15, 0.2) is 12.3 Å². The number of aliphatic hydroxyl groups is 2. The number of allylic oxidation sites excluding steroid dienone is 3. The van der Waals surface area contributed by atoms with E-state index in [0.29, 0.717) is 19.3 Å². The standard InChI is InChI=1S/C32H53NO10/c1-20-19-32(41-9,43-22(3)21(20)2)28(36)29(37)33-30(40-8)24-18-25(38-6)31(4,5)26(42-24)17-23(34)15-13-11-10-12-14-16-27(35)39-7/h10,12,14,16,21-26,28,30,34,36H,1,11,13,15,17-19H2,2-9H3,(H,33,37)/b12-10+,16-14+/t21-,22-,23?,24+,25-,26-,28-,30+,32-/m1/s1. The molecule has 0 aromatic rings. The zero-order chi connectivity index (χ0) is 32.4. The van der Waals surface area contributed by atoms with Crippen molar-refractivity contribution in [2.24, 2.45) is 11.3 Å². The van der Waals surface area contributed by atoms with Gasteiger partial charge >= 0.3 is 5.97 Å². The monoisotopic (exact) mass is 611 g/mol. The molecule has 0 aliphatic carbocycles. The Labute approximate surface area is 256 Å². The summed E-state index contributed by atoms with van der Waals surface area (Å²) in [5, 5.41) is 24.7. The summed E-state index contributed by atoms with van der Waals surface area (Å²) in [5.74, 6) is -2.66. The molecule has 0 aromatic heterocycles. The number of rotatable bonds is 15. The number of nitrogens with one attached hydrogen (secondary N) is 1. The van der Waals surface area contributed by atoms with Gasteiger partial charge in [0.2, 0.25) is 5.79 Å². The molecule has 1 amide bonds. The lowest BCUT2D eigenvalue weighted by Crippen LogP contribution is -2.62. The van der Waals surface area contributed by atoms with Crippen molar-refractivity contribution in [3.63, 3.8) is 0 Å². The zero-order valence-electron chi connectivity index (χ0n) is 27.0. The molecule has 0 bridgehead atoms. The highest BCUT2D eigenvalue weighted by atomic mass is 16.7. The maximum absolute atomic E-state index is 13.3. The largest absolute Gasteiger partial charge is 0.466 e. The van der Waals surface area contributed by atoms with Crippen LogP contribution >= 0.6 is 0 Å².